The summed E-state index contributed by atoms with van der Waals surface area (Å²) >= 11 is 0. The average Bonchev–Trinajstić information content (AvgIpc) is 2.34. The minimum Gasteiger partial charge on any atom is -0.382 e. The number of carbonyl (C=O) groups excluding carboxylic acids is 2. The van der Waals surface area contributed by atoms with E-state index in [2.05, 4.69) is 10.6 Å². The maximum absolute atomic E-state index is 11.2. The van der Waals surface area contributed by atoms with E-state index in [1.54, 1.807) is 13.2 Å². The van der Waals surface area contributed by atoms with Crippen LogP contribution in [0.2, 0.25) is 0 Å². The van der Waals surface area contributed by atoms with E-state index in [-0.39, 0.29) is 24.8 Å². The molecule has 0 aliphatic rings. The third-order valence-corrected chi connectivity index (χ3v) is 1.90. The van der Waals surface area contributed by atoms with Crippen molar-refractivity contribution in [2.75, 3.05) is 40.0 Å². The number of carbonyl (C=O) groups is 2. The van der Waals surface area contributed by atoms with E-state index in [0.29, 0.717) is 32.7 Å². The molecule has 2 amide bonds. The Morgan fingerprint density at radius 3 is 2.44 bits per heavy atom. The minimum absolute atomic E-state index is 0.00412. The monoisotopic (exact) mass is 257 g/mol. The van der Waals surface area contributed by atoms with E-state index >= 15 is 0 Å². The van der Waals surface area contributed by atoms with Crippen LogP contribution in [0.25, 0.3) is 0 Å². The number of amides is 2. The van der Waals surface area contributed by atoms with Crippen LogP contribution in [-0.4, -0.2) is 51.8 Å². The Bertz CT molecular complexity index is 289. The second kappa shape index (κ2) is 11.8. The highest BCUT2D eigenvalue weighted by molar-refractivity contribution is 5.78. The van der Waals surface area contributed by atoms with E-state index in [1.165, 1.54) is 0 Å². The number of methoxy groups -OCH3 is 1. The van der Waals surface area contributed by atoms with Crippen LogP contribution in [0.3, 0.4) is 0 Å². The Labute approximate surface area is 106 Å². The van der Waals surface area contributed by atoms with Crippen molar-refractivity contribution in [2.45, 2.75) is 12.8 Å². The molecule has 0 unspecified atom stereocenters. The van der Waals surface area contributed by atoms with Gasteiger partial charge in [-0.2, -0.15) is 5.26 Å². The summed E-state index contributed by atoms with van der Waals surface area (Å²) in [6.07, 6.45) is 0.473. The van der Waals surface area contributed by atoms with Crippen LogP contribution in [0.1, 0.15) is 12.8 Å². The minimum atomic E-state index is -0.299. The third kappa shape index (κ3) is 10.9. The summed E-state index contributed by atoms with van der Waals surface area (Å²) in [5.41, 5.74) is 0. The van der Waals surface area contributed by atoms with Gasteiger partial charge in [-0.1, -0.05) is 0 Å². The number of rotatable bonds is 10. The van der Waals surface area contributed by atoms with Gasteiger partial charge in [0.25, 0.3) is 0 Å². The average molecular weight is 257 g/mol. The normalized spacial score (nSPS) is 9.56. The molecular formula is C11H19N3O4. The molecule has 18 heavy (non-hydrogen) atoms. The van der Waals surface area contributed by atoms with Gasteiger partial charge in [0.05, 0.1) is 19.3 Å². The van der Waals surface area contributed by atoms with Crippen molar-refractivity contribution >= 4 is 11.8 Å². The molecule has 0 atom stereocenters. The lowest BCUT2D eigenvalue weighted by Gasteiger charge is -2.06. The summed E-state index contributed by atoms with van der Waals surface area (Å²) in [4.78, 5) is 22.1. The molecule has 0 radical (unpaired) electrons. The van der Waals surface area contributed by atoms with Crippen LogP contribution in [0.5, 0.6) is 0 Å². The number of nitrogens with zero attached hydrogens (tertiary/aromatic N) is 1. The summed E-state index contributed by atoms with van der Waals surface area (Å²) in [6, 6.07) is 1.75. The van der Waals surface area contributed by atoms with Gasteiger partial charge in [0.2, 0.25) is 11.8 Å². The SMILES string of the molecule is COCCOCC(=O)NCCCNC(=O)CC#N. The van der Waals surface area contributed by atoms with Gasteiger partial charge in [-0.15, -0.1) is 0 Å². The fourth-order valence-corrected chi connectivity index (χ4v) is 1.04. The lowest BCUT2D eigenvalue weighted by molar-refractivity contribution is -0.126. The van der Waals surface area contributed by atoms with E-state index in [9.17, 15) is 9.59 Å². The van der Waals surface area contributed by atoms with Gasteiger partial charge in [0.1, 0.15) is 13.0 Å². The zero-order valence-corrected chi connectivity index (χ0v) is 10.5. The molecule has 0 spiro atoms. The number of ether oxygens (including phenoxy) is 2. The molecule has 0 fully saturated rings. The molecule has 0 aromatic heterocycles. The van der Waals surface area contributed by atoms with Crippen molar-refractivity contribution in [3.8, 4) is 6.07 Å². The first kappa shape index (κ1) is 16.4. The molecule has 0 aromatic rings. The molecule has 0 aliphatic carbocycles. The molecule has 0 heterocycles. The van der Waals surface area contributed by atoms with Crippen LogP contribution in [0.15, 0.2) is 0 Å². The smallest absolute Gasteiger partial charge is 0.246 e. The van der Waals surface area contributed by atoms with E-state index in [0.717, 1.165) is 0 Å². The van der Waals surface area contributed by atoms with Gasteiger partial charge in [-0.05, 0) is 6.42 Å². The standard InChI is InChI=1S/C11H19N3O4/c1-17-7-8-18-9-11(16)14-6-2-5-13-10(15)3-4-12/h2-3,5-9H2,1H3,(H,13,15)(H,14,16). The van der Waals surface area contributed by atoms with E-state index < -0.39 is 0 Å². The van der Waals surface area contributed by atoms with Gasteiger partial charge in [-0.25, -0.2) is 0 Å². The first-order valence-corrected chi connectivity index (χ1v) is 5.67. The second-order valence-electron chi connectivity index (χ2n) is 3.43. The Morgan fingerprint density at radius 1 is 1.17 bits per heavy atom. The van der Waals surface area contributed by atoms with Gasteiger partial charge >= 0.3 is 0 Å². The van der Waals surface area contributed by atoms with Gasteiger partial charge in [0.15, 0.2) is 0 Å². The van der Waals surface area contributed by atoms with Crippen molar-refractivity contribution < 1.29 is 19.1 Å². The first-order chi connectivity index (χ1) is 8.70. The maximum Gasteiger partial charge on any atom is 0.246 e. The molecule has 0 aromatic carbocycles. The van der Waals surface area contributed by atoms with Crippen LogP contribution >= 0.6 is 0 Å². The summed E-state index contributed by atoms with van der Waals surface area (Å²) < 4.78 is 9.78. The molecule has 0 bridgehead atoms. The molecule has 0 saturated carbocycles. The van der Waals surface area contributed by atoms with Crippen molar-refractivity contribution in [1.29, 1.82) is 5.26 Å². The molecule has 0 rings (SSSR count). The number of hydrogen-bond acceptors (Lipinski definition) is 5. The zero-order chi connectivity index (χ0) is 13.6. The lowest BCUT2D eigenvalue weighted by Crippen LogP contribution is -2.32. The molecule has 7 nitrogen and oxygen atoms in total. The Kier molecular flexibility index (Phi) is 10.7. The summed E-state index contributed by atoms with van der Waals surface area (Å²) in [5, 5.41) is 13.4. The fourth-order valence-electron chi connectivity index (χ4n) is 1.04. The van der Waals surface area contributed by atoms with Crippen LogP contribution in [0, 0.1) is 11.3 Å². The van der Waals surface area contributed by atoms with Crippen LogP contribution in [-0.2, 0) is 19.1 Å². The predicted molar refractivity (Wildman–Crippen MR) is 63.6 cm³/mol. The highest BCUT2D eigenvalue weighted by atomic mass is 16.5. The van der Waals surface area contributed by atoms with E-state index in [1.807, 2.05) is 0 Å². The van der Waals surface area contributed by atoms with E-state index in [4.69, 9.17) is 14.7 Å². The highest BCUT2D eigenvalue weighted by Crippen LogP contribution is 1.80. The molecule has 2 N–H and O–H groups in total. The van der Waals surface area contributed by atoms with Crippen molar-refractivity contribution in [3.63, 3.8) is 0 Å². The summed E-state index contributed by atoms with van der Waals surface area (Å²) in [6.45, 7) is 1.74. The largest absolute Gasteiger partial charge is 0.382 e. The van der Waals surface area contributed by atoms with Gasteiger partial charge < -0.3 is 20.1 Å². The lowest BCUT2D eigenvalue weighted by atomic mass is 10.4. The van der Waals surface area contributed by atoms with Crippen molar-refractivity contribution in [1.82, 2.24) is 10.6 Å². The molecule has 0 saturated heterocycles. The zero-order valence-electron chi connectivity index (χ0n) is 10.5. The van der Waals surface area contributed by atoms with Gasteiger partial charge in [0, 0.05) is 20.2 Å². The number of nitrogens with one attached hydrogen (secondary N) is 2. The van der Waals surface area contributed by atoms with Crippen molar-refractivity contribution in [3.05, 3.63) is 0 Å². The third-order valence-electron chi connectivity index (χ3n) is 1.90. The molecular weight excluding hydrogens is 238 g/mol. The molecule has 102 valence electrons. The van der Waals surface area contributed by atoms with Crippen molar-refractivity contribution in [2.24, 2.45) is 0 Å². The Hall–Kier alpha value is -1.65. The maximum atomic E-state index is 11.2. The fraction of sp³-hybridized carbons (Fsp3) is 0.727. The number of nitriles is 1. The quantitative estimate of drug-likeness (QED) is 0.498. The highest BCUT2D eigenvalue weighted by Gasteiger charge is 2.01. The molecule has 7 heteroatoms. The predicted octanol–water partition coefficient (Wildman–Crippen LogP) is -0.814. The second-order valence-corrected chi connectivity index (χ2v) is 3.43. The first-order valence-electron chi connectivity index (χ1n) is 5.67. The topological polar surface area (TPSA) is 100 Å². The van der Waals surface area contributed by atoms with Crippen LogP contribution < -0.4 is 10.6 Å². The summed E-state index contributed by atoms with van der Waals surface area (Å²) in [7, 11) is 1.56. The Balaban J connectivity index is 3.30. The van der Waals surface area contributed by atoms with Crippen LogP contribution in [0.4, 0.5) is 0 Å². The summed E-state index contributed by atoms with van der Waals surface area (Å²) in [5.74, 6) is -0.499. The van der Waals surface area contributed by atoms with Gasteiger partial charge in [-0.3, -0.25) is 9.59 Å². The molecule has 0 aliphatic heterocycles. The Morgan fingerprint density at radius 2 is 1.83 bits per heavy atom. The number of hydrogen-bond donors (Lipinski definition) is 2.